The summed E-state index contributed by atoms with van der Waals surface area (Å²) >= 11 is 0. The molecule has 1 unspecified atom stereocenters. The van der Waals surface area contributed by atoms with E-state index in [9.17, 15) is 17.9 Å². The maximum Gasteiger partial charge on any atom is 0.147 e. The lowest BCUT2D eigenvalue weighted by atomic mass is 10.0. The molecule has 0 aliphatic heterocycles. The second-order valence-electron chi connectivity index (χ2n) is 4.64. The first-order valence-corrected chi connectivity index (χ1v) is 8.08. The van der Waals surface area contributed by atoms with E-state index >= 15 is 0 Å². The molecule has 1 aromatic carbocycles. The Balaban J connectivity index is 2.22. The molecule has 0 radical (unpaired) electrons. The average Bonchev–Trinajstić information content (AvgIpc) is 2.85. The summed E-state index contributed by atoms with van der Waals surface area (Å²) in [7, 11) is -3.13. The zero-order valence-corrected chi connectivity index (χ0v) is 11.7. The van der Waals surface area contributed by atoms with Crippen LogP contribution < -0.4 is 0 Å². The van der Waals surface area contributed by atoms with Gasteiger partial charge in [-0.1, -0.05) is 0 Å². The third-order valence-electron chi connectivity index (χ3n) is 2.92. The number of H-pyrrole nitrogens is 1. The molecule has 0 saturated heterocycles. The number of nitrogens with zero attached hydrogens (tertiary/aromatic N) is 1. The van der Waals surface area contributed by atoms with Crippen molar-refractivity contribution in [3.63, 3.8) is 0 Å². The number of aromatic amines is 1. The van der Waals surface area contributed by atoms with E-state index in [1.54, 1.807) is 12.1 Å². The van der Waals surface area contributed by atoms with Crippen LogP contribution in [0, 0.1) is 5.82 Å². The summed E-state index contributed by atoms with van der Waals surface area (Å²) < 4.78 is 35.1. The second kappa shape index (κ2) is 5.72. The van der Waals surface area contributed by atoms with Crippen LogP contribution in [0.3, 0.4) is 0 Å². The fourth-order valence-corrected chi connectivity index (χ4v) is 2.53. The molecule has 0 aliphatic carbocycles. The Morgan fingerprint density at radius 2 is 2.00 bits per heavy atom. The van der Waals surface area contributed by atoms with Gasteiger partial charge < -0.3 is 5.11 Å². The molecule has 0 fully saturated rings. The first-order chi connectivity index (χ1) is 9.37. The quantitative estimate of drug-likeness (QED) is 0.880. The van der Waals surface area contributed by atoms with Crippen LogP contribution in [0.25, 0.3) is 11.3 Å². The highest BCUT2D eigenvalue weighted by molar-refractivity contribution is 7.90. The molecule has 5 nitrogen and oxygen atoms in total. The molecule has 0 saturated carbocycles. The molecule has 0 amide bonds. The fourth-order valence-electron chi connectivity index (χ4n) is 1.88. The van der Waals surface area contributed by atoms with Crippen molar-refractivity contribution in [1.82, 2.24) is 10.2 Å². The van der Waals surface area contributed by atoms with Crippen molar-refractivity contribution >= 4 is 9.84 Å². The molecule has 0 spiro atoms. The molecule has 1 atom stereocenters. The van der Waals surface area contributed by atoms with E-state index in [1.807, 2.05) is 0 Å². The SMILES string of the molecule is CS(=O)(=O)CCC(O)c1cn[nH]c1-c1ccc(F)cc1. The van der Waals surface area contributed by atoms with Gasteiger partial charge >= 0.3 is 0 Å². The molecule has 1 heterocycles. The lowest BCUT2D eigenvalue weighted by Crippen LogP contribution is -2.08. The van der Waals surface area contributed by atoms with Crippen LogP contribution in [-0.2, 0) is 9.84 Å². The zero-order chi connectivity index (χ0) is 14.8. The molecule has 7 heteroatoms. The first-order valence-electron chi connectivity index (χ1n) is 6.02. The monoisotopic (exact) mass is 298 g/mol. The van der Waals surface area contributed by atoms with Gasteiger partial charge in [0.1, 0.15) is 15.7 Å². The van der Waals surface area contributed by atoms with E-state index in [-0.39, 0.29) is 18.0 Å². The van der Waals surface area contributed by atoms with Crippen molar-refractivity contribution in [3.8, 4) is 11.3 Å². The summed E-state index contributed by atoms with van der Waals surface area (Å²) in [4.78, 5) is 0. The van der Waals surface area contributed by atoms with E-state index in [1.165, 1.54) is 18.3 Å². The number of rotatable bonds is 5. The van der Waals surface area contributed by atoms with Crippen LogP contribution in [0.4, 0.5) is 4.39 Å². The maximum absolute atomic E-state index is 12.9. The van der Waals surface area contributed by atoms with Gasteiger partial charge in [-0.15, -0.1) is 0 Å². The third kappa shape index (κ3) is 3.64. The molecule has 1 aromatic heterocycles. The number of hydrogen-bond donors (Lipinski definition) is 2. The lowest BCUT2D eigenvalue weighted by molar-refractivity contribution is 0.175. The van der Waals surface area contributed by atoms with E-state index in [0.717, 1.165) is 6.26 Å². The Bertz CT molecular complexity index is 680. The number of hydrogen-bond acceptors (Lipinski definition) is 4. The predicted octanol–water partition coefficient (Wildman–Crippen LogP) is 1.68. The van der Waals surface area contributed by atoms with Gasteiger partial charge in [-0.2, -0.15) is 5.10 Å². The van der Waals surface area contributed by atoms with Gasteiger partial charge in [0.2, 0.25) is 0 Å². The normalized spacial score (nSPS) is 13.3. The number of halogens is 1. The highest BCUT2D eigenvalue weighted by atomic mass is 32.2. The molecule has 108 valence electrons. The predicted molar refractivity (Wildman–Crippen MR) is 73.3 cm³/mol. The van der Waals surface area contributed by atoms with Crippen molar-refractivity contribution in [2.75, 3.05) is 12.0 Å². The number of aliphatic hydroxyl groups excluding tert-OH is 1. The Kier molecular flexibility index (Phi) is 4.20. The molecule has 0 bridgehead atoms. The van der Waals surface area contributed by atoms with Gasteiger partial charge in [-0.05, 0) is 30.7 Å². The van der Waals surface area contributed by atoms with Crippen molar-refractivity contribution < 1.29 is 17.9 Å². The van der Waals surface area contributed by atoms with Crippen molar-refractivity contribution in [1.29, 1.82) is 0 Å². The standard InChI is InChI=1S/C13H15FN2O3S/c1-20(18,19)7-6-12(17)11-8-15-16-13(11)9-2-4-10(14)5-3-9/h2-5,8,12,17H,6-7H2,1H3,(H,15,16). The third-order valence-corrected chi connectivity index (χ3v) is 3.90. The average molecular weight is 298 g/mol. The molecule has 2 N–H and O–H groups in total. The molecule has 20 heavy (non-hydrogen) atoms. The van der Waals surface area contributed by atoms with Gasteiger partial charge in [0.05, 0.1) is 23.7 Å². The highest BCUT2D eigenvalue weighted by Crippen LogP contribution is 2.28. The Hall–Kier alpha value is -1.73. The molecule has 2 aromatic rings. The van der Waals surface area contributed by atoms with Crippen molar-refractivity contribution in [2.45, 2.75) is 12.5 Å². The number of sulfone groups is 1. The summed E-state index contributed by atoms with van der Waals surface area (Å²) in [6.45, 7) is 0. The van der Waals surface area contributed by atoms with Gasteiger partial charge in [0.25, 0.3) is 0 Å². The minimum atomic E-state index is -3.13. The van der Waals surface area contributed by atoms with Gasteiger partial charge in [0.15, 0.2) is 0 Å². The van der Waals surface area contributed by atoms with Crippen molar-refractivity contribution in [2.24, 2.45) is 0 Å². The van der Waals surface area contributed by atoms with E-state index < -0.39 is 15.9 Å². The van der Waals surface area contributed by atoms with Crippen molar-refractivity contribution in [3.05, 3.63) is 41.8 Å². The van der Waals surface area contributed by atoms with E-state index in [2.05, 4.69) is 10.2 Å². The Morgan fingerprint density at radius 3 is 2.60 bits per heavy atom. The summed E-state index contributed by atoms with van der Waals surface area (Å²) in [6.07, 6.45) is 1.72. The second-order valence-corrected chi connectivity index (χ2v) is 6.90. The number of aromatic nitrogens is 2. The Labute approximate surface area is 116 Å². The largest absolute Gasteiger partial charge is 0.388 e. The minimum absolute atomic E-state index is 0.0898. The number of nitrogens with one attached hydrogen (secondary N) is 1. The van der Waals surface area contributed by atoms with Crippen LogP contribution in [0.15, 0.2) is 30.5 Å². The summed E-state index contributed by atoms with van der Waals surface area (Å²) in [5, 5.41) is 16.7. The Morgan fingerprint density at radius 1 is 1.35 bits per heavy atom. The molecular formula is C13H15FN2O3S. The van der Waals surface area contributed by atoms with E-state index in [0.29, 0.717) is 16.8 Å². The highest BCUT2D eigenvalue weighted by Gasteiger charge is 2.17. The van der Waals surface area contributed by atoms with Gasteiger partial charge in [0, 0.05) is 17.4 Å². The van der Waals surface area contributed by atoms with E-state index in [4.69, 9.17) is 0 Å². The van der Waals surface area contributed by atoms with Crippen LogP contribution in [0.1, 0.15) is 18.1 Å². The zero-order valence-electron chi connectivity index (χ0n) is 10.9. The van der Waals surface area contributed by atoms with Crippen LogP contribution in [0.2, 0.25) is 0 Å². The van der Waals surface area contributed by atoms with Crippen LogP contribution in [-0.4, -0.2) is 35.7 Å². The topological polar surface area (TPSA) is 83.1 Å². The number of aliphatic hydroxyl groups is 1. The van der Waals surface area contributed by atoms with Gasteiger partial charge in [-0.3, -0.25) is 5.10 Å². The fraction of sp³-hybridized carbons (Fsp3) is 0.308. The molecule has 2 rings (SSSR count). The smallest absolute Gasteiger partial charge is 0.147 e. The van der Waals surface area contributed by atoms with Crippen LogP contribution in [0.5, 0.6) is 0 Å². The molecular weight excluding hydrogens is 283 g/mol. The summed E-state index contributed by atoms with van der Waals surface area (Å²) in [5.74, 6) is -0.463. The summed E-state index contributed by atoms with van der Waals surface area (Å²) in [6, 6.07) is 5.75. The number of benzene rings is 1. The molecule has 0 aliphatic rings. The summed E-state index contributed by atoms with van der Waals surface area (Å²) in [5.41, 5.74) is 1.74. The lowest BCUT2D eigenvalue weighted by Gasteiger charge is -2.10. The first kappa shape index (κ1) is 14.7. The van der Waals surface area contributed by atoms with Gasteiger partial charge in [-0.25, -0.2) is 12.8 Å². The minimum Gasteiger partial charge on any atom is -0.388 e. The maximum atomic E-state index is 12.9. The van der Waals surface area contributed by atoms with Crippen LogP contribution >= 0.6 is 0 Å².